The van der Waals surface area contributed by atoms with Crippen molar-refractivity contribution in [3.05, 3.63) is 71.1 Å². The predicted octanol–water partition coefficient (Wildman–Crippen LogP) is 5.47. The van der Waals surface area contributed by atoms with Gasteiger partial charge < -0.3 is 19.4 Å². The number of aromatic nitrogens is 2. The summed E-state index contributed by atoms with van der Waals surface area (Å²) in [6, 6.07) is 8.83. The van der Waals surface area contributed by atoms with Gasteiger partial charge in [0.15, 0.2) is 5.83 Å². The highest BCUT2D eigenvalue weighted by Crippen LogP contribution is 2.58. The molecule has 2 aliphatic carbocycles. The Labute approximate surface area is 265 Å². The highest BCUT2D eigenvalue weighted by molar-refractivity contribution is 5.94. The molecule has 3 aromatic rings. The molecular formula is C35H35F3N6O2. The van der Waals surface area contributed by atoms with Crippen molar-refractivity contribution >= 4 is 22.6 Å². The number of rotatable bonds is 7. The number of carbonyl (C=O) groups is 1. The summed E-state index contributed by atoms with van der Waals surface area (Å²) >= 11 is 0. The first-order valence-electron chi connectivity index (χ1n) is 16.1. The fraction of sp³-hybridized carbons (Fsp3) is 0.486. The van der Waals surface area contributed by atoms with Crippen molar-refractivity contribution in [3.8, 4) is 17.1 Å². The predicted molar refractivity (Wildman–Crippen MR) is 167 cm³/mol. The highest BCUT2D eigenvalue weighted by Gasteiger charge is 2.50. The van der Waals surface area contributed by atoms with Gasteiger partial charge in [0, 0.05) is 43.5 Å². The number of halogens is 3. The Morgan fingerprint density at radius 1 is 1.17 bits per heavy atom. The summed E-state index contributed by atoms with van der Waals surface area (Å²) < 4.78 is 50.8. The molecule has 2 aromatic carbocycles. The van der Waals surface area contributed by atoms with Crippen LogP contribution in [0.15, 0.2) is 42.7 Å². The number of anilines is 1. The van der Waals surface area contributed by atoms with Crippen molar-refractivity contribution in [1.29, 1.82) is 0 Å². The molecule has 4 fully saturated rings. The van der Waals surface area contributed by atoms with Crippen LogP contribution in [0.4, 0.5) is 19.0 Å². The van der Waals surface area contributed by atoms with E-state index >= 15 is 4.39 Å². The molecule has 1 aromatic heterocycles. The molecule has 8 rings (SSSR count). The quantitative estimate of drug-likeness (QED) is 0.256. The van der Waals surface area contributed by atoms with Gasteiger partial charge in [-0.1, -0.05) is 24.8 Å². The first-order valence-corrected chi connectivity index (χ1v) is 16.1. The minimum Gasteiger partial charge on any atom is -0.461 e. The summed E-state index contributed by atoms with van der Waals surface area (Å²) in [7, 11) is 0. The van der Waals surface area contributed by atoms with E-state index < -0.39 is 29.5 Å². The summed E-state index contributed by atoms with van der Waals surface area (Å²) in [5.74, 6) is -0.761. The Kier molecular flexibility index (Phi) is 6.98. The van der Waals surface area contributed by atoms with E-state index in [2.05, 4.69) is 22.4 Å². The third-order valence-corrected chi connectivity index (χ3v) is 10.8. The average molecular weight is 629 g/mol. The number of alkyl halides is 1. The minimum absolute atomic E-state index is 0.0373. The van der Waals surface area contributed by atoms with Crippen LogP contribution in [0.3, 0.4) is 0 Å². The van der Waals surface area contributed by atoms with Crippen LogP contribution in [-0.2, 0) is 11.2 Å². The Morgan fingerprint density at radius 2 is 2.04 bits per heavy atom. The number of nitrogens with zero attached hydrogens (tertiary/aromatic N) is 6. The van der Waals surface area contributed by atoms with Gasteiger partial charge in [-0.2, -0.15) is 9.97 Å². The molecule has 46 heavy (non-hydrogen) atoms. The molecule has 1 amide bonds. The van der Waals surface area contributed by atoms with Crippen molar-refractivity contribution in [1.82, 2.24) is 19.8 Å². The van der Waals surface area contributed by atoms with Gasteiger partial charge in [-0.25, -0.2) is 19.7 Å². The van der Waals surface area contributed by atoms with E-state index in [9.17, 15) is 13.6 Å². The Balaban J connectivity index is 1.19. The Bertz CT molecular complexity index is 1810. The van der Waals surface area contributed by atoms with Crippen molar-refractivity contribution in [2.24, 2.45) is 5.92 Å². The zero-order valence-corrected chi connectivity index (χ0v) is 25.5. The molecule has 1 saturated carbocycles. The second-order valence-corrected chi connectivity index (χ2v) is 13.6. The average Bonchev–Trinajstić information content (AvgIpc) is 3.36. The van der Waals surface area contributed by atoms with Gasteiger partial charge in [0.1, 0.15) is 30.5 Å². The first-order chi connectivity index (χ1) is 22.2. The standard InChI is InChI=1S/C35H35F3N6O2/c1-20(36)33(45)44-10-9-42(18-24(44)16-39-2)32-28-13-29(38)27(25-6-3-5-21-11-22-12-26(22)31(21)25)14-30(28)40-34(41-32)46-19-35-7-4-8-43(35)17-23(37)15-35/h3,5-6,13-14,22-24,26H,1,4,7-12,15-19H2/t22-,23-,24+,26+,35+/m1/s1. The van der Waals surface area contributed by atoms with Gasteiger partial charge in [0.2, 0.25) is 6.54 Å². The molecule has 3 aliphatic heterocycles. The number of ether oxygens (including phenoxy) is 1. The zero-order valence-electron chi connectivity index (χ0n) is 25.5. The SMILES string of the molecule is [C-]#[N+]C[C@H]1CN(c2nc(OC[C@@]34CCCN3C[C@H](F)C4)nc3cc(-c4cccc5c4[C@H]4C[C@H]4C5)c(F)cc23)CCN1C(=O)C(=C)F. The second-order valence-electron chi connectivity index (χ2n) is 13.6. The summed E-state index contributed by atoms with van der Waals surface area (Å²) in [6.45, 7) is 12.6. The van der Waals surface area contributed by atoms with Crippen molar-refractivity contribution in [2.45, 2.75) is 55.8 Å². The summed E-state index contributed by atoms with van der Waals surface area (Å²) in [5.41, 5.74) is 3.98. The monoisotopic (exact) mass is 628 g/mol. The third kappa shape index (κ3) is 4.80. The van der Waals surface area contributed by atoms with E-state index in [1.807, 2.05) is 17.0 Å². The Morgan fingerprint density at radius 3 is 2.87 bits per heavy atom. The van der Waals surface area contributed by atoms with Crippen LogP contribution >= 0.6 is 0 Å². The molecule has 0 bridgehead atoms. The number of hydrogen-bond donors (Lipinski definition) is 0. The van der Waals surface area contributed by atoms with Crippen molar-refractivity contribution < 1.29 is 22.7 Å². The lowest BCUT2D eigenvalue weighted by molar-refractivity contribution is -0.131. The van der Waals surface area contributed by atoms with E-state index in [4.69, 9.17) is 21.3 Å². The second kappa shape index (κ2) is 11.0. The number of fused-ring (bicyclic) bond motifs is 5. The number of carbonyl (C=O) groups excluding carboxylic acids is 1. The summed E-state index contributed by atoms with van der Waals surface area (Å²) in [4.78, 5) is 31.0. The van der Waals surface area contributed by atoms with Crippen LogP contribution < -0.4 is 9.64 Å². The molecule has 3 saturated heterocycles. The lowest BCUT2D eigenvalue weighted by atomic mass is 9.93. The normalized spacial score (nSPS) is 28.1. The third-order valence-electron chi connectivity index (χ3n) is 10.8. The zero-order chi connectivity index (χ0) is 31.7. The topological polar surface area (TPSA) is 66.2 Å². The van der Waals surface area contributed by atoms with Crippen LogP contribution in [-0.4, -0.2) is 89.3 Å². The number of piperazine rings is 1. The maximum atomic E-state index is 16.2. The maximum absolute atomic E-state index is 16.2. The molecule has 238 valence electrons. The molecule has 11 heteroatoms. The van der Waals surface area contributed by atoms with Crippen LogP contribution in [0.2, 0.25) is 0 Å². The molecule has 8 nitrogen and oxygen atoms in total. The minimum atomic E-state index is -1.08. The van der Waals surface area contributed by atoms with Gasteiger partial charge in [0.25, 0.3) is 5.91 Å². The highest BCUT2D eigenvalue weighted by atomic mass is 19.1. The van der Waals surface area contributed by atoms with Crippen LogP contribution in [0.1, 0.15) is 42.7 Å². The van der Waals surface area contributed by atoms with Crippen LogP contribution in [0.5, 0.6) is 6.01 Å². The van der Waals surface area contributed by atoms with Gasteiger partial charge in [0.05, 0.1) is 11.1 Å². The lowest BCUT2D eigenvalue weighted by Crippen LogP contribution is -2.56. The van der Waals surface area contributed by atoms with Gasteiger partial charge in [-0.15, -0.1) is 0 Å². The maximum Gasteiger partial charge on any atom is 0.319 e. The van der Waals surface area contributed by atoms with Crippen LogP contribution in [0.25, 0.3) is 26.9 Å². The van der Waals surface area contributed by atoms with E-state index in [0.29, 0.717) is 47.1 Å². The van der Waals surface area contributed by atoms with Gasteiger partial charge >= 0.3 is 6.01 Å². The largest absolute Gasteiger partial charge is 0.461 e. The van der Waals surface area contributed by atoms with E-state index in [0.717, 1.165) is 37.8 Å². The summed E-state index contributed by atoms with van der Waals surface area (Å²) in [5, 5.41) is 0.479. The van der Waals surface area contributed by atoms with Crippen molar-refractivity contribution in [3.63, 3.8) is 0 Å². The lowest BCUT2D eigenvalue weighted by Gasteiger charge is -2.39. The molecule has 4 heterocycles. The van der Waals surface area contributed by atoms with Crippen molar-refractivity contribution in [2.75, 3.05) is 50.8 Å². The van der Waals surface area contributed by atoms with E-state index in [-0.39, 0.29) is 44.6 Å². The van der Waals surface area contributed by atoms with E-state index in [1.165, 1.54) is 22.1 Å². The van der Waals surface area contributed by atoms with Gasteiger partial charge in [-0.3, -0.25) is 9.69 Å². The van der Waals surface area contributed by atoms with Gasteiger partial charge in [-0.05, 0) is 72.9 Å². The fourth-order valence-corrected chi connectivity index (χ4v) is 8.58. The van der Waals surface area contributed by atoms with Crippen LogP contribution in [0, 0.1) is 18.3 Å². The molecule has 5 atom stereocenters. The molecule has 5 aliphatic rings. The first kappa shape index (κ1) is 29.2. The van der Waals surface area contributed by atoms with E-state index in [1.54, 1.807) is 6.07 Å². The number of amides is 1. The molecule has 0 N–H and O–H groups in total. The molecular weight excluding hydrogens is 593 g/mol. The number of benzene rings is 2. The summed E-state index contributed by atoms with van der Waals surface area (Å²) in [6.07, 6.45) is 3.47. The Hall–Kier alpha value is -4.17. The smallest absolute Gasteiger partial charge is 0.319 e. The molecule has 0 radical (unpaired) electrons. The molecule has 0 unspecified atom stereocenters. The fourth-order valence-electron chi connectivity index (χ4n) is 8.58. The number of hydrogen-bond acceptors (Lipinski definition) is 6. The molecule has 0 spiro atoms.